The number of hydrogen-bond acceptors (Lipinski definition) is 4. The molecule has 2 heterocycles. The van der Waals surface area contributed by atoms with Gasteiger partial charge in [0.05, 0.1) is 30.6 Å². The molecule has 2 rings (SSSR count). The number of hydrogen-bond donors (Lipinski definition) is 0. The van der Waals surface area contributed by atoms with E-state index in [0.717, 1.165) is 16.0 Å². The van der Waals surface area contributed by atoms with Crippen molar-refractivity contribution in [2.75, 3.05) is 6.54 Å². The van der Waals surface area contributed by atoms with Crippen LogP contribution in [0.2, 0.25) is 0 Å². The van der Waals surface area contributed by atoms with Crippen molar-refractivity contribution < 1.29 is 19.1 Å². The van der Waals surface area contributed by atoms with Gasteiger partial charge in [0, 0.05) is 0 Å². The van der Waals surface area contributed by atoms with Gasteiger partial charge in [-0.3, -0.25) is 19.3 Å². The van der Waals surface area contributed by atoms with Crippen LogP contribution in [0.3, 0.4) is 0 Å². The Bertz CT molecular complexity index is 525. The topological polar surface area (TPSA) is 63.7 Å². The molecule has 2 amide bonds. The Morgan fingerprint density at radius 3 is 1.68 bits per heavy atom. The van der Waals surface area contributed by atoms with Crippen LogP contribution in [0.5, 0.6) is 0 Å². The molecule has 0 aromatic carbocycles. The van der Waals surface area contributed by atoms with Crippen LogP contribution in [0, 0.1) is 11.8 Å². The summed E-state index contributed by atoms with van der Waals surface area (Å²) in [7, 11) is 0. The monoisotopic (exact) mass is 305 g/mol. The fraction of sp³-hybridized carbons (Fsp3) is 0.588. The van der Waals surface area contributed by atoms with Gasteiger partial charge in [0.25, 0.3) is 0 Å². The molecule has 0 aromatic rings. The third-order valence-corrected chi connectivity index (χ3v) is 3.89. The van der Waals surface area contributed by atoms with Crippen LogP contribution in [0.15, 0.2) is 23.3 Å². The van der Waals surface area contributed by atoms with Crippen molar-refractivity contribution in [1.29, 1.82) is 0 Å². The first-order valence-electron chi connectivity index (χ1n) is 7.52. The average Bonchev–Trinajstić information content (AvgIpc) is 2.81. The van der Waals surface area contributed by atoms with Crippen molar-refractivity contribution in [1.82, 2.24) is 4.90 Å². The van der Waals surface area contributed by atoms with Gasteiger partial charge >= 0.3 is 0 Å². The van der Waals surface area contributed by atoms with Crippen molar-refractivity contribution >= 4 is 17.6 Å². The van der Waals surface area contributed by atoms with Gasteiger partial charge in [0.2, 0.25) is 11.8 Å². The summed E-state index contributed by atoms with van der Waals surface area (Å²) in [5.74, 6) is -1.83. The second kappa shape index (κ2) is 6.16. The van der Waals surface area contributed by atoms with E-state index in [9.17, 15) is 14.4 Å². The number of ether oxygens (including phenoxy) is 1. The molecule has 0 radical (unpaired) electrons. The molecule has 0 aromatic heterocycles. The molecule has 2 aliphatic heterocycles. The van der Waals surface area contributed by atoms with Gasteiger partial charge in [-0.2, -0.15) is 0 Å². The molecule has 0 spiro atoms. The Balaban J connectivity index is 2.39. The summed E-state index contributed by atoms with van der Waals surface area (Å²) in [6, 6.07) is 0. The minimum atomic E-state index is -0.526. The summed E-state index contributed by atoms with van der Waals surface area (Å²) in [5, 5.41) is 0. The van der Waals surface area contributed by atoms with Crippen LogP contribution in [-0.2, 0) is 19.1 Å². The van der Waals surface area contributed by atoms with Crippen molar-refractivity contribution in [2.24, 2.45) is 11.8 Å². The Labute approximate surface area is 131 Å². The van der Waals surface area contributed by atoms with Crippen molar-refractivity contribution in [3.05, 3.63) is 23.3 Å². The van der Waals surface area contributed by atoms with E-state index in [0.29, 0.717) is 0 Å². The molecule has 2 fully saturated rings. The number of allylic oxidation sites excluding steroid dienone is 2. The summed E-state index contributed by atoms with van der Waals surface area (Å²) >= 11 is 0. The number of carbonyl (C=O) groups is 3. The maximum Gasteiger partial charge on any atom is 0.236 e. The molecule has 2 aliphatic rings. The Morgan fingerprint density at radius 1 is 0.955 bits per heavy atom. The van der Waals surface area contributed by atoms with Crippen LogP contribution in [0.1, 0.15) is 34.6 Å². The van der Waals surface area contributed by atoms with Crippen LogP contribution >= 0.6 is 0 Å². The van der Waals surface area contributed by atoms with Gasteiger partial charge < -0.3 is 4.74 Å². The standard InChI is InChI=1S/C17H23NO4/c1-9(2)6-12-14-15(13(22-12)7-10(3)4)17(21)18(16(14)20)8-11(5)19/h6-7,12-15H,8H2,1-5H3. The lowest BCUT2D eigenvalue weighted by molar-refractivity contribution is -0.145. The molecule has 4 unspecified atom stereocenters. The number of carbonyl (C=O) groups excluding carboxylic acids is 3. The summed E-state index contributed by atoms with van der Waals surface area (Å²) in [5.41, 5.74) is 2.07. The van der Waals surface area contributed by atoms with E-state index >= 15 is 0 Å². The van der Waals surface area contributed by atoms with Crippen LogP contribution in [0.4, 0.5) is 0 Å². The fourth-order valence-corrected chi connectivity index (χ4v) is 3.14. The zero-order valence-corrected chi connectivity index (χ0v) is 13.8. The molecular weight excluding hydrogens is 282 g/mol. The summed E-state index contributed by atoms with van der Waals surface area (Å²) in [6.45, 7) is 8.96. The SMILES string of the molecule is CC(=O)CN1C(=O)C2C(C=C(C)C)OC(C=C(C)C)C2C1=O. The zero-order valence-electron chi connectivity index (χ0n) is 13.8. The van der Waals surface area contributed by atoms with Gasteiger partial charge in [-0.1, -0.05) is 23.3 Å². The van der Waals surface area contributed by atoms with E-state index in [2.05, 4.69) is 0 Å². The highest BCUT2D eigenvalue weighted by atomic mass is 16.5. The highest BCUT2D eigenvalue weighted by Crippen LogP contribution is 2.42. The van der Waals surface area contributed by atoms with Crippen LogP contribution in [0.25, 0.3) is 0 Å². The third kappa shape index (κ3) is 3.04. The Morgan fingerprint density at radius 2 is 1.36 bits per heavy atom. The van der Waals surface area contributed by atoms with E-state index in [1.807, 2.05) is 39.8 Å². The van der Waals surface area contributed by atoms with Gasteiger partial charge in [-0.25, -0.2) is 0 Å². The predicted molar refractivity (Wildman–Crippen MR) is 81.9 cm³/mol. The van der Waals surface area contributed by atoms with Gasteiger partial charge in [0.15, 0.2) is 0 Å². The molecule has 5 nitrogen and oxygen atoms in total. The number of nitrogens with zero attached hydrogens (tertiary/aromatic N) is 1. The quantitative estimate of drug-likeness (QED) is 0.587. The second-order valence-corrected chi connectivity index (χ2v) is 6.57. The maximum absolute atomic E-state index is 12.6. The number of rotatable bonds is 4. The van der Waals surface area contributed by atoms with Gasteiger partial charge in [-0.15, -0.1) is 0 Å². The summed E-state index contributed by atoms with van der Waals surface area (Å²) < 4.78 is 5.94. The van der Waals surface area contributed by atoms with Crippen LogP contribution in [-0.4, -0.2) is 41.3 Å². The molecule has 0 aliphatic carbocycles. The Kier molecular flexibility index (Phi) is 4.66. The fourth-order valence-electron chi connectivity index (χ4n) is 3.14. The van der Waals surface area contributed by atoms with E-state index in [4.69, 9.17) is 4.74 Å². The molecule has 4 atom stereocenters. The van der Waals surface area contributed by atoms with Gasteiger partial charge in [0.1, 0.15) is 5.78 Å². The number of fused-ring (bicyclic) bond motifs is 1. The number of ketones is 1. The summed E-state index contributed by atoms with van der Waals surface area (Å²) in [4.78, 5) is 37.6. The minimum Gasteiger partial charge on any atom is -0.365 e. The normalized spacial score (nSPS) is 30.3. The number of amides is 2. The van der Waals surface area contributed by atoms with E-state index < -0.39 is 24.0 Å². The lowest BCUT2D eigenvalue weighted by atomic mass is 9.88. The van der Waals surface area contributed by atoms with E-state index in [1.54, 1.807) is 0 Å². The number of Topliss-reactive ketones (excluding diaryl/α,β-unsaturated/α-hetero) is 1. The van der Waals surface area contributed by atoms with Crippen molar-refractivity contribution in [3.8, 4) is 0 Å². The average molecular weight is 305 g/mol. The molecule has 2 saturated heterocycles. The molecule has 22 heavy (non-hydrogen) atoms. The van der Waals surface area contributed by atoms with E-state index in [-0.39, 0.29) is 24.1 Å². The Hall–Kier alpha value is -1.75. The molecule has 120 valence electrons. The largest absolute Gasteiger partial charge is 0.365 e. The molecule has 5 heteroatoms. The van der Waals surface area contributed by atoms with Crippen molar-refractivity contribution in [2.45, 2.75) is 46.8 Å². The zero-order chi connectivity index (χ0) is 16.6. The molecular formula is C17H23NO4. The highest BCUT2D eigenvalue weighted by molar-refractivity contribution is 6.08. The molecule has 0 N–H and O–H groups in total. The first kappa shape index (κ1) is 16.6. The molecule has 0 bridgehead atoms. The van der Waals surface area contributed by atoms with Crippen molar-refractivity contribution in [3.63, 3.8) is 0 Å². The summed E-state index contributed by atoms with van der Waals surface area (Å²) in [6.07, 6.45) is 2.95. The first-order chi connectivity index (χ1) is 10.2. The van der Waals surface area contributed by atoms with Crippen LogP contribution < -0.4 is 0 Å². The maximum atomic E-state index is 12.6. The number of imide groups is 1. The molecule has 0 saturated carbocycles. The smallest absolute Gasteiger partial charge is 0.236 e. The second-order valence-electron chi connectivity index (χ2n) is 6.57. The highest BCUT2D eigenvalue weighted by Gasteiger charge is 2.58. The van der Waals surface area contributed by atoms with E-state index in [1.165, 1.54) is 6.92 Å². The van der Waals surface area contributed by atoms with Gasteiger partial charge in [-0.05, 0) is 34.6 Å². The minimum absolute atomic E-state index is 0.145. The number of likely N-dealkylation sites (tertiary alicyclic amines) is 1. The lowest BCUT2D eigenvalue weighted by Crippen LogP contribution is -2.38. The third-order valence-electron chi connectivity index (χ3n) is 3.89. The lowest BCUT2D eigenvalue weighted by Gasteiger charge is -2.19. The first-order valence-corrected chi connectivity index (χ1v) is 7.52. The predicted octanol–water partition coefficient (Wildman–Crippen LogP) is 1.88.